The van der Waals surface area contributed by atoms with Crippen LogP contribution in [-0.4, -0.2) is 35.7 Å². The van der Waals surface area contributed by atoms with E-state index in [2.05, 4.69) is 15.1 Å². The zero-order chi connectivity index (χ0) is 14.7. The van der Waals surface area contributed by atoms with Crippen LogP contribution in [0.4, 0.5) is 17.2 Å². The van der Waals surface area contributed by atoms with E-state index in [1.807, 2.05) is 36.2 Å². The molecule has 7 heteroatoms. The third-order valence-corrected chi connectivity index (χ3v) is 4.00. The van der Waals surface area contributed by atoms with Gasteiger partial charge >= 0.3 is 0 Å². The summed E-state index contributed by atoms with van der Waals surface area (Å²) in [6.45, 7) is 5.01. The lowest BCUT2D eigenvalue weighted by Crippen LogP contribution is -2.40. The molecule has 1 saturated heterocycles. The van der Waals surface area contributed by atoms with E-state index >= 15 is 0 Å². The number of anilines is 3. The van der Waals surface area contributed by atoms with Crippen LogP contribution in [0, 0.1) is 6.92 Å². The van der Waals surface area contributed by atoms with Crippen molar-refractivity contribution in [2.24, 2.45) is 0 Å². The normalized spacial score (nSPS) is 15.9. The maximum atomic E-state index is 12.0. The molecule has 1 aliphatic rings. The van der Waals surface area contributed by atoms with Crippen molar-refractivity contribution < 1.29 is 4.74 Å². The van der Waals surface area contributed by atoms with Gasteiger partial charge in [-0.3, -0.25) is 9.17 Å². The molecule has 0 bridgehead atoms. The van der Waals surface area contributed by atoms with Crippen molar-refractivity contribution in [2.75, 3.05) is 37.0 Å². The zero-order valence-corrected chi connectivity index (χ0v) is 12.6. The fourth-order valence-electron chi connectivity index (χ4n) is 2.11. The number of hydrogen-bond donors (Lipinski definition) is 3. The number of nitrogens with zero attached hydrogens (tertiary/aromatic N) is 1. The van der Waals surface area contributed by atoms with Gasteiger partial charge in [-0.15, -0.1) is 0 Å². The van der Waals surface area contributed by atoms with E-state index in [-0.39, 0.29) is 4.74 Å². The van der Waals surface area contributed by atoms with Gasteiger partial charge in [0, 0.05) is 18.8 Å². The molecule has 112 valence electrons. The van der Waals surface area contributed by atoms with Crippen LogP contribution in [-0.2, 0) is 4.74 Å². The lowest BCUT2D eigenvalue weighted by molar-refractivity contribution is 0.0495. The first-order valence-electron chi connectivity index (χ1n) is 6.87. The Morgan fingerprint density at radius 2 is 1.95 bits per heavy atom. The number of hydrazine groups is 1. The number of H-pyrrole nitrogens is 1. The van der Waals surface area contributed by atoms with E-state index < -0.39 is 0 Å². The van der Waals surface area contributed by atoms with Gasteiger partial charge in [0.2, 0.25) is 0 Å². The minimum Gasteiger partial charge on any atom is -0.379 e. The van der Waals surface area contributed by atoms with Gasteiger partial charge in [-0.1, -0.05) is 17.7 Å². The van der Waals surface area contributed by atoms with Gasteiger partial charge < -0.3 is 15.5 Å². The van der Waals surface area contributed by atoms with Gasteiger partial charge in [-0.05, 0) is 30.6 Å². The van der Waals surface area contributed by atoms with Crippen LogP contribution in [0.3, 0.4) is 0 Å². The number of ether oxygens (including phenoxy) is 1. The molecule has 0 atom stereocenters. The number of rotatable bonds is 4. The lowest BCUT2D eigenvalue weighted by Gasteiger charge is -2.27. The summed E-state index contributed by atoms with van der Waals surface area (Å²) in [7, 11) is 0. The first kappa shape index (κ1) is 14.1. The summed E-state index contributed by atoms with van der Waals surface area (Å²) in [5.41, 5.74) is 5.88. The monoisotopic (exact) mass is 306 g/mol. The van der Waals surface area contributed by atoms with Crippen molar-refractivity contribution in [2.45, 2.75) is 6.92 Å². The molecule has 0 amide bonds. The Morgan fingerprint density at radius 3 is 2.67 bits per heavy atom. The maximum absolute atomic E-state index is 12.0. The van der Waals surface area contributed by atoms with Crippen molar-refractivity contribution in [3.63, 3.8) is 0 Å². The molecule has 0 radical (unpaired) electrons. The Hall–Kier alpha value is -1.83. The van der Waals surface area contributed by atoms with E-state index in [0.29, 0.717) is 24.7 Å². The highest BCUT2D eigenvalue weighted by Crippen LogP contribution is 2.22. The summed E-state index contributed by atoms with van der Waals surface area (Å²) in [5, 5.41) is 5.23. The smallest absolute Gasteiger partial charge is 0.275 e. The summed E-state index contributed by atoms with van der Waals surface area (Å²) in [6, 6.07) is 7.95. The number of benzene rings is 1. The summed E-state index contributed by atoms with van der Waals surface area (Å²) >= 11 is 1.08. The summed E-state index contributed by atoms with van der Waals surface area (Å²) in [5.74, 6) is 0.701. The molecular weight excluding hydrogens is 288 g/mol. The van der Waals surface area contributed by atoms with Gasteiger partial charge in [-0.25, -0.2) is 5.01 Å². The van der Waals surface area contributed by atoms with Crippen molar-refractivity contribution in [1.29, 1.82) is 0 Å². The highest BCUT2D eigenvalue weighted by molar-refractivity contribution is 7.04. The van der Waals surface area contributed by atoms with Gasteiger partial charge in [0.1, 0.15) is 5.69 Å². The topological polar surface area (TPSA) is 69.4 Å². The minimum absolute atomic E-state index is 0.0219. The van der Waals surface area contributed by atoms with Crippen LogP contribution >= 0.6 is 11.5 Å². The molecule has 1 fully saturated rings. The van der Waals surface area contributed by atoms with Crippen LogP contribution in [0.1, 0.15) is 5.56 Å². The highest BCUT2D eigenvalue weighted by atomic mass is 32.1. The van der Waals surface area contributed by atoms with Crippen LogP contribution in [0.5, 0.6) is 0 Å². The standard InChI is InChI=1S/C14H18N4O2S/c1-10-2-4-11(5-3-10)15-12-13(17-21-14(12)19)16-18-6-8-20-9-7-18/h2-5,15-17H,6-9H2,1H3. The van der Waals surface area contributed by atoms with Crippen LogP contribution in [0.25, 0.3) is 0 Å². The molecule has 3 rings (SSSR count). The van der Waals surface area contributed by atoms with E-state index in [9.17, 15) is 4.79 Å². The van der Waals surface area contributed by atoms with E-state index in [0.717, 1.165) is 30.3 Å². The molecule has 0 aliphatic carbocycles. The largest absolute Gasteiger partial charge is 0.379 e. The van der Waals surface area contributed by atoms with Gasteiger partial charge in [0.05, 0.1) is 13.2 Å². The summed E-state index contributed by atoms with van der Waals surface area (Å²) in [4.78, 5) is 12.0. The molecule has 2 aromatic rings. The molecule has 0 saturated carbocycles. The summed E-state index contributed by atoms with van der Waals surface area (Å²) < 4.78 is 8.32. The van der Waals surface area contributed by atoms with Crippen molar-refractivity contribution in [1.82, 2.24) is 9.38 Å². The molecular formula is C14H18N4O2S. The molecule has 1 aromatic heterocycles. The van der Waals surface area contributed by atoms with E-state index in [4.69, 9.17) is 4.74 Å². The zero-order valence-electron chi connectivity index (χ0n) is 11.8. The predicted octanol–water partition coefficient (Wildman–Crippen LogP) is 2.15. The van der Waals surface area contributed by atoms with Crippen LogP contribution in [0.15, 0.2) is 29.1 Å². The fourth-order valence-corrected chi connectivity index (χ4v) is 2.71. The maximum Gasteiger partial charge on any atom is 0.275 e. The summed E-state index contributed by atoms with van der Waals surface area (Å²) in [6.07, 6.45) is 0. The number of morpholine rings is 1. The average molecular weight is 306 g/mol. The second kappa shape index (κ2) is 6.30. The first-order valence-corrected chi connectivity index (χ1v) is 7.68. The molecule has 0 unspecified atom stereocenters. The molecule has 2 heterocycles. The number of aryl methyl sites for hydroxylation is 1. The molecule has 0 spiro atoms. The Morgan fingerprint density at radius 1 is 1.24 bits per heavy atom. The molecule has 21 heavy (non-hydrogen) atoms. The number of aromatic nitrogens is 1. The van der Waals surface area contributed by atoms with Crippen molar-refractivity contribution in [3.8, 4) is 0 Å². The average Bonchev–Trinajstić information content (AvgIpc) is 2.84. The van der Waals surface area contributed by atoms with Crippen LogP contribution in [0.2, 0.25) is 0 Å². The van der Waals surface area contributed by atoms with E-state index in [1.54, 1.807) is 0 Å². The fraction of sp³-hybridized carbons (Fsp3) is 0.357. The number of nitrogens with one attached hydrogen (secondary N) is 3. The number of aromatic amines is 1. The van der Waals surface area contributed by atoms with E-state index in [1.165, 1.54) is 5.56 Å². The van der Waals surface area contributed by atoms with Gasteiger partial charge in [0.25, 0.3) is 4.74 Å². The Balaban J connectivity index is 1.76. The Bertz CT molecular complexity index is 644. The van der Waals surface area contributed by atoms with Crippen LogP contribution < -0.4 is 15.5 Å². The Labute approximate surface area is 126 Å². The Kier molecular flexibility index (Phi) is 4.23. The molecule has 3 N–H and O–H groups in total. The first-order chi connectivity index (χ1) is 10.2. The van der Waals surface area contributed by atoms with Crippen molar-refractivity contribution >= 4 is 28.7 Å². The van der Waals surface area contributed by atoms with Gasteiger partial charge in [0.15, 0.2) is 5.82 Å². The molecule has 6 nitrogen and oxygen atoms in total. The van der Waals surface area contributed by atoms with Crippen molar-refractivity contribution in [3.05, 3.63) is 39.4 Å². The number of hydrogen-bond acceptors (Lipinski definition) is 6. The third kappa shape index (κ3) is 3.44. The lowest BCUT2D eigenvalue weighted by atomic mass is 10.2. The predicted molar refractivity (Wildman–Crippen MR) is 85.4 cm³/mol. The third-order valence-electron chi connectivity index (χ3n) is 3.30. The highest BCUT2D eigenvalue weighted by Gasteiger charge is 2.15. The SMILES string of the molecule is Cc1ccc(Nc2c(NN3CCOCC3)[nH]sc2=O)cc1. The second-order valence-electron chi connectivity index (χ2n) is 4.94. The minimum atomic E-state index is -0.0219. The second-order valence-corrected chi connectivity index (χ2v) is 5.72. The molecule has 1 aliphatic heterocycles. The molecule has 1 aromatic carbocycles. The van der Waals surface area contributed by atoms with Gasteiger partial charge in [-0.2, -0.15) is 0 Å². The quantitative estimate of drug-likeness (QED) is 0.807.